The zero-order valence-corrected chi connectivity index (χ0v) is 9.12. The van der Waals surface area contributed by atoms with Crippen molar-refractivity contribution in [1.82, 2.24) is 10.1 Å². The van der Waals surface area contributed by atoms with Crippen LogP contribution in [0.3, 0.4) is 0 Å². The molecular weight excluding hydrogens is 202 g/mol. The van der Waals surface area contributed by atoms with Crippen LogP contribution in [0.25, 0.3) is 0 Å². The molecule has 0 aliphatic rings. The van der Waals surface area contributed by atoms with E-state index in [0.29, 0.717) is 17.5 Å². The zero-order chi connectivity index (χ0) is 10.6. The van der Waals surface area contributed by atoms with Gasteiger partial charge in [-0.3, -0.25) is 0 Å². The molecule has 2 atom stereocenters. The van der Waals surface area contributed by atoms with Gasteiger partial charge in [-0.25, -0.2) is 0 Å². The average Bonchev–Trinajstić information content (AvgIpc) is 2.61. The van der Waals surface area contributed by atoms with Crippen LogP contribution in [0.2, 0.25) is 0 Å². The maximum absolute atomic E-state index is 9.20. The Bertz CT molecular complexity index is 277. The summed E-state index contributed by atoms with van der Waals surface area (Å²) in [5, 5.41) is 13.0. The molecule has 0 aromatic carbocycles. The van der Waals surface area contributed by atoms with Crippen LogP contribution < -0.4 is 5.73 Å². The molecule has 3 N–H and O–H groups in total. The molecule has 0 amide bonds. The van der Waals surface area contributed by atoms with Gasteiger partial charge in [-0.15, -0.1) is 0 Å². The van der Waals surface area contributed by atoms with Crippen LogP contribution in [0.4, 0.5) is 0 Å². The number of rotatable bonds is 5. The van der Waals surface area contributed by atoms with Crippen molar-refractivity contribution in [2.24, 2.45) is 5.73 Å². The predicted molar refractivity (Wildman–Crippen MR) is 54.7 cm³/mol. The summed E-state index contributed by atoms with van der Waals surface area (Å²) in [5.41, 5.74) is 5.63. The number of aliphatic hydroxyl groups is 1. The summed E-state index contributed by atoms with van der Waals surface area (Å²) in [6.07, 6.45) is -0.679. The lowest BCUT2D eigenvalue weighted by atomic mass is 10.2. The third-order valence-corrected chi connectivity index (χ3v) is 2.59. The molecule has 0 unspecified atom stereocenters. The van der Waals surface area contributed by atoms with Gasteiger partial charge in [0, 0.05) is 0 Å². The van der Waals surface area contributed by atoms with E-state index < -0.39 is 12.1 Å². The molecule has 1 aromatic heterocycles. The first-order chi connectivity index (χ1) is 6.65. The van der Waals surface area contributed by atoms with Crippen molar-refractivity contribution < 1.29 is 9.63 Å². The second-order valence-corrected chi connectivity index (χ2v) is 4.23. The van der Waals surface area contributed by atoms with Crippen molar-refractivity contribution in [2.45, 2.75) is 31.7 Å². The normalized spacial score (nSPS) is 15.4. The lowest BCUT2D eigenvalue weighted by Gasteiger charge is -2.08. The van der Waals surface area contributed by atoms with Crippen LogP contribution in [0.15, 0.2) is 4.52 Å². The van der Waals surface area contributed by atoms with Crippen LogP contribution in [-0.2, 0) is 5.75 Å². The summed E-state index contributed by atoms with van der Waals surface area (Å²) < 4.78 is 4.93. The van der Waals surface area contributed by atoms with E-state index in [2.05, 4.69) is 17.1 Å². The monoisotopic (exact) mass is 217 g/mol. The van der Waals surface area contributed by atoms with Gasteiger partial charge in [-0.05, 0) is 12.7 Å². The van der Waals surface area contributed by atoms with Gasteiger partial charge in [0.2, 0.25) is 5.89 Å². The third kappa shape index (κ3) is 2.97. The first kappa shape index (κ1) is 11.5. The predicted octanol–water partition coefficient (Wildman–Crippen LogP) is 0.703. The minimum atomic E-state index is -0.679. The van der Waals surface area contributed by atoms with Gasteiger partial charge in [0.05, 0.1) is 11.9 Å². The quantitative estimate of drug-likeness (QED) is 0.755. The van der Waals surface area contributed by atoms with Gasteiger partial charge in [0.25, 0.3) is 0 Å². The van der Waals surface area contributed by atoms with Gasteiger partial charge in [-0.2, -0.15) is 16.7 Å². The molecule has 0 radical (unpaired) electrons. The van der Waals surface area contributed by atoms with Gasteiger partial charge in [0.15, 0.2) is 5.82 Å². The van der Waals surface area contributed by atoms with Crippen molar-refractivity contribution >= 4 is 11.8 Å². The molecule has 0 bridgehead atoms. The van der Waals surface area contributed by atoms with Crippen LogP contribution in [-0.4, -0.2) is 27.1 Å². The largest absolute Gasteiger partial charge is 0.391 e. The van der Waals surface area contributed by atoms with E-state index in [-0.39, 0.29) is 0 Å². The Morgan fingerprint density at radius 1 is 1.64 bits per heavy atom. The molecule has 1 heterocycles. The smallest absolute Gasteiger partial charge is 0.246 e. The average molecular weight is 217 g/mol. The Morgan fingerprint density at radius 3 is 2.93 bits per heavy atom. The Hall–Kier alpha value is -0.590. The molecule has 0 aliphatic heterocycles. The van der Waals surface area contributed by atoms with E-state index in [1.165, 1.54) is 0 Å². The molecule has 0 spiro atoms. The van der Waals surface area contributed by atoms with Crippen molar-refractivity contribution in [3.05, 3.63) is 11.7 Å². The molecule has 5 nitrogen and oxygen atoms in total. The first-order valence-electron chi connectivity index (χ1n) is 4.49. The molecule has 0 aliphatic carbocycles. The van der Waals surface area contributed by atoms with E-state index in [0.717, 1.165) is 5.75 Å². The minimum Gasteiger partial charge on any atom is -0.391 e. The topological polar surface area (TPSA) is 85.2 Å². The number of hydrogen-bond donors (Lipinski definition) is 2. The van der Waals surface area contributed by atoms with Crippen LogP contribution in [0.1, 0.15) is 31.6 Å². The molecular formula is C8H15N3O2S. The summed E-state index contributed by atoms with van der Waals surface area (Å²) in [7, 11) is 0. The Balaban J connectivity index is 2.58. The zero-order valence-electron chi connectivity index (χ0n) is 8.30. The maximum atomic E-state index is 9.20. The molecule has 1 aromatic rings. The van der Waals surface area contributed by atoms with Gasteiger partial charge < -0.3 is 15.4 Å². The van der Waals surface area contributed by atoms with Gasteiger partial charge in [-0.1, -0.05) is 12.1 Å². The first-order valence-corrected chi connectivity index (χ1v) is 5.64. The summed E-state index contributed by atoms with van der Waals surface area (Å²) >= 11 is 1.71. The highest BCUT2D eigenvalue weighted by atomic mass is 32.2. The number of nitrogens with zero attached hydrogens (tertiary/aromatic N) is 2. The van der Waals surface area contributed by atoms with Crippen molar-refractivity contribution in [3.8, 4) is 0 Å². The highest BCUT2D eigenvalue weighted by Crippen LogP contribution is 2.14. The van der Waals surface area contributed by atoms with E-state index in [4.69, 9.17) is 10.3 Å². The molecule has 0 fully saturated rings. The molecule has 0 saturated carbocycles. The Kier molecular flexibility index (Phi) is 4.37. The molecule has 6 heteroatoms. The number of nitrogens with two attached hydrogens (primary N) is 1. The summed E-state index contributed by atoms with van der Waals surface area (Å²) in [6.45, 7) is 3.66. The lowest BCUT2D eigenvalue weighted by molar-refractivity contribution is 0.146. The molecule has 14 heavy (non-hydrogen) atoms. The van der Waals surface area contributed by atoms with E-state index >= 15 is 0 Å². The standard InChI is InChI=1S/C8H15N3O2S/c1-3-14-4-6-10-8(13-11-6)7(9)5(2)12/h5,7,12H,3-4,9H2,1-2H3/t5-,7+/m1/s1. The third-order valence-electron chi connectivity index (χ3n) is 1.72. The molecule has 1 rings (SSSR count). The van der Waals surface area contributed by atoms with Crippen LogP contribution in [0.5, 0.6) is 0 Å². The minimum absolute atomic E-state index is 0.298. The van der Waals surface area contributed by atoms with Crippen molar-refractivity contribution in [1.29, 1.82) is 0 Å². The number of aliphatic hydroxyl groups excluding tert-OH is 1. The van der Waals surface area contributed by atoms with Crippen molar-refractivity contribution in [3.63, 3.8) is 0 Å². The SMILES string of the molecule is CCSCc1noc([C@@H](N)[C@@H](C)O)n1. The summed E-state index contributed by atoms with van der Waals surface area (Å²) in [4.78, 5) is 4.09. The fourth-order valence-corrected chi connectivity index (χ4v) is 1.37. The second kappa shape index (κ2) is 5.33. The van der Waals surface area contributed by atoms with E-state index in [1.807, 2.05) is 0 Å². The lowest BCUT2D eigenvalue weighted by Crippen LogP contribution is -2.23. The fourth-order valence-electron chi connectivity index (χ4n) is 0.861. The Morgan fingerprint density at radius 2 is 2.36 bits per heavy atom. The fraction of sp³-hybridized carbons (Fsp3) is 0.750. The maximum Gasteiger partial charge on any atom is 0.246 e. The van der Waals surface area contributed by atoms with Gasteiger partial charge >= 0.3 is 0 Å². The van der Waals surface area contributed by atoms with Crippen molar-refractivity contribution in [2.75, 3.05) is 5.75 Å². The summed E-state index contributed by atoms with van der Waals surface area (Å²) in [5.74, 6) is 2.65. The second-order valence-electron chi connectivity index (χ2n) is 2.95. The van der Waals surface area contributed by atoms with E-state index in [1.54, 1.807) is 18.7 Å². The summed E-state index contributed by atoms with van der Waals surface area (Å²) in [6, 6.07) is -0.595. The number of thioether (sulfide) groups is 1. The number of hydrogen-bond acceptors (Lipinski definition) is 6. The number of aromatic nitrogens is 2. The highest BCUT2D eigenvalue weighted by molar-refractivity contribution is 7.98. The highest BCUT2D eigenvalue weighted by Gasteiger charge is 2.19. The van der Waals surface area contributed by atoms with Gasteiger partial charge in [0.1, 0.15) is 6.04 Å². The molecule has 80 valence electrons. The molecule has 0 saturated heterocycles. The van der Waals surface area contributed by atoms with E-state index in [9.17, 15) is 5.11 Å². The van der Waals surface area contributed by atoms with Crippen LogP contribution >= 0.6 is 11.8 Å². The van der Waals surface area contributed by atoms with Crippen LogP contribution in [0, 0.1) is 0 Å². The Labute approximate surface area is 87.1 Å².